The van der Waals surface area contributed by atoms with E-state index < -0.39 is 20.7 Å². The van der Waals surface area contributed by atoms with Gasteiger partial charge in [0.2, 0.25) is 10.0 Å². The van der Waals surface area contributed by atoms with Crippen LogP contribution in [0.5, 0.6) is 0 Å². The molecule has 0 radical (unpaired) electrons. The Labute approximate surface area is 164 Å². The maximum Gasteiger partial charge on any atom is 0.243 e. The van der Waals surface area contributed by atoms with Crippen molar-refractivity contribution in [3.05, 3.63) is 64.4 Å². The van der Waals surface area contributed by atoms with E-state index in [2.05, 4.69) is 9.62 Å². The van der Waals surface area contributed by atoms with Crippen LogP contribution in [-0.2, 0) is 14.8 Å². The molecule has 0 amide bonds. The molecule has 1 N–H and O–H groups in total. The first-order valence-corrected chi connectivity index (χ1v) is 10.6. The van der Waals surface area contributed by atoms with Crippen LogP contribution in [0.15, 0.2) is 47.4 Å². The molecule has 1 aliphatic heterocycles. The van der Waals surface area contributed by atoms with Crippen molar-refractivity contribution in [1.82, 2.24) is 9.62 Å². The second kappa shape index (κ2) is 8.67. The molecule has 0 saturated carbocycles. The SMILES string of the molecule is Cc1ccc(C(CNS(=O)(=O)c2ccc(Cl)cc2F)N2CCOCC2)cc1. The minimum Gasteiger partial charge on any atom is -0.379 e. The second-order valence-corrected chi connectivity index (χ2v) is 8.67. The Morgan fingerprint density at radius 2 is 1.85 bits per heavy atom. The van der Waals surface area contributed by atoms with Crippen molar-refractivity contribution in [3.8, 4) is 0 Å². The fourth-order valence-electron chi connectivity index (χ4n) is 3.10. The number of nitrogens with zero attached hydrogens (tertiary/aromatic N) is 1. The highest BCUT2D eigenvalue weighted by Gasteiger charge is 2.26. The molecule has 27 heavy (non-hydrogen) atoms. The fourth-order valence-corrected chi connectivity index (χ4v) is 4.35. The smallest absolute Gasteiger partial charge is 0.243 e. The van der Waals surface area contributed by atoms with Crippen LogP contribution in [0.1, 0.15) is 17.2 Å². The van der Waals surface area contributed by atoms with Crippen molar-refractivity contribution in [1.29, 1.82) is 0 Å². The number of morpholine rings is 1. The standard InChI is InChI=1S/C19H22ClFN2O3S/c1-14-2-4-15(5-3-14)18(23-8-10-26-11-9-23)13-22-27(24,25)19-7-6-16(20)12-17(19)21/h2-7,12,18,22H,8-11,13H2,1H3. The first-order valence-electron chi connectivity index (χ1n) is 8.70. The Bertz CT molecular complexity index is 884. The van der Waals surface area contributed by atoms with Crippen LogP contribution in [0.25, 0.3) is 0 Å². The number of hydrogen-bond acceptors (Lipinski definition) is 4. The van der Waals surface area contributed by atoms with Crippen LogP contribution in [0, 0.1) is 12.7 Å². The molecule has 1 atom stereocenters. The summed E-state index contributed by atoms with van der Waals surface area (Å²) >= 11 is 5.72. The number of rotatable bonds is 6. The summed E-state index contributed by atoms with van der Waals surface area (Å²) in [6.07, 6.45) is 0. The van der Waals surface area contributed by atoms with Crippen LogP contribution >= 0.6 is 11.6 Å². The lowest BCUT2D eigenvalue weighted by molar-refractivity contribution is 0.0172. The van der Waals surface area contributed by atoms with Crippen LogP contribution in [0.4, 0.5) is 4.39 Å². The van der Waals surface area contributed by atoms with Gasteiger partial charge in [0.15, 0.2) is 0 Å². The third-order valence-corrected chi connectivity index (χ3v) is 6.29. The summed E-state index contributed by atoms with van der Waals surface area (Å²) in [6, 6.07) is 11.3. The van der Waals surface area contributed by atoms with Gasteiger partial charge in [0, 0.05) is 30.7 Å². The molecule has 0 spiro atoms. The molecule has 0 bridgehead atoms. The molecule has 1 aliphatic rings. The molecule has 8 heteroatoms. The van der Waals surface area contributed by atoms with Gasteiger partial charge in [-0.1, -0.05) is 41.4 Å². The lowest BCUT2D eigenvalue weighted by atomic mass is 10.0. The maximum absolute atomic E-state index is 14.1. The molecule has 2 aromatic rings. The summed E-state index contributed by atoms with van der Waals surface area (Å²) in [4.78, 5) is 1.77. The van der Waals surface area contributed by atoms with Crippen LogP contribution in [0.2, 0.25) is 5.02 Å². The second-order valence-electron chi connectivity index (χ2n) is 6.50. The van der Waals surface area contributed by atoms with Gasteiger partial charge in [-0.05, 0) is 30.7 Å². The summed E-state index contributed by atoms with van der Waals surface area (Å²) in [6.45, 7) is 4.74. The van der Waals surface area contributed by atoms with E-state index in [9.17, 15) is 12.8 Å². The largest absolute Gasteiger partial charge is 0.379 e. The van der Waals surface area contributed by atoms with Gasteiger partial charge in [-0.25, -0.2) is 17.5 Å². The van der Waals surface area contributed by atoms with Gasteiger partial charge < -0.3 is 4.74 Å². The van der Waals surface area contributed by atoms with Crippen molar-refractivity contribution in [2.75, 3.05) is 32.8 Å². The highest BCUT2D eigenvalue weighted by molar-refractivity contribution is 7.89. The maximum atomic E-state index is 14.1. The number of hydrogen-bond donors (Lipinski definition) is 1. The van der Waals surface area contributed by atoms with Crippen LogP contribution < -0.4 is 4.72 Å². The van der Waals surface area contributed by atoms with Gasteiger partial charge in [-0.15, -0.1) is 0 Å². The monoisotopic (exact) mass is 412 g/mol. The predicted molar refractivity (Wildman–Crippen MR) is 103 cm³/mol. The van der Waals surface area contributed by atoms with Crippen molar-refractivity contribution >= 4 is 21.6 Å². The van der Waals surface area contributed by atoms with Gasteiger partial charge in [0.05, 0.1) is 13.2 Å². The predicted octanol–water partition coefficient (Wildman–Crippen LogP) is 3.14. The minimum atomic E-state index is -4.00. The molecular weight excluding hydrogens is 391 g/mol. The number of nitrogens with one attached hydrogen (secondary N) is 1. The third kappa shape index (κ3) is 5.06. The van der Waals surface area contributed by atoms with E-state index in [1.165, 1.54) is 12.1 Å². The van der Waals surface area contributed by atoms with Crippen molar-refractivity contribution in [2.45, 2.75) is 17.9 Å². The molecule has 1 fully saturated rings. The number of sulfonamides is 1. The molecule has 3 rings (SSSR count). The number of aryl methyl sites for hydroxylation is 1. The quantitative estimate of drug-likeness (QED) is 0.791. The van der Waals surface area contributed by atoms with E-state index in [-0.39, 0.29) is 17.6 Å². The number of benzene rings is 2. The van der Waals surface area contributed by atoms with Gasteiger partial charge >= 0.3 is 0 Å². The zero-order valence-electron chi connectivity index (χ0n) is 15.0. The molecule has 1 unspecified atom stereocenters. The van der Waals surface area contributed by atoms with E-state index in [4.69, 9.17) is 16.3 Å². The summed E-state index contributed by atoms with van der Waals surface area (Å²) < 4.78 is 47.2. The summed E-state index contributed by atoms with van der Waals surface area (Å²) in [5, 5.41) is 0.150. The van der Waals surface area contributed by atoms with Crippen LogP contribution in [-0.4, -0.2) is 46.2 Å². The molecule has 2 aromatic carbocycles. The molecular formula is C19H22ClFN2O3S. The van der Waals surface area contributed by atoms with E-state index >= 15 is 0 Å². The minimum absolute atomic E-state index is 0.132. The van der Waals surface area contributed by atoms with Gasteiger partial charge in [0.25, 0.3) is 0 Å². The third-order valence-electron chi connectivity index (χ3n) is 4.60. The Kier molecular flexibility index (Phi) is 6.49. The molecule has 146 valence electrons. The number of halogens is 2. The topological polar surface area (TPSA) is 58.6 Å². The zero-order valence-corrected chi connectivity index (χ0v) is 16.6. The lowest BCUT2D eigenvalue weighted by Crippen LogP contribution is -2.43. The first kappa shape index (κ1) is 20.2. The summed E-state index contributed by atoms with van der Waals surface area (Å²) in [7, 11) is -4.00. The van der Waals surface area contributed by atoms with E-state index in [1.807, 2.05) is 31.2 Å². The zero-order chi connectivity index (χ0) is 19.4. The lowest BCUT2D eigenvalue weighted by Gasteiger charge is -2.35. The first-order chi connectivity index (χ1) is 12.9. The Hall–Kier alpha value is -1.51. The van der Waals surface area contributed by atoms with E-state index in [0.717, 1.165) is 17.2 Å². The Morgan fingerprint density at radius 1 is 1.19 bits per heavy atom. The summed E-state index contributed by atoms with van der Waals surface area (Å²) in [5.74, 6) is -0.867. The number of ether oxygens (including phenoxy) is 1. The van der Waals surface area contributed by atoms with E-state index in [0.29, 0.717) is 26.3 Å². The molecule has 1 heterocycles. The van der Waals surface area contributed by atoms with Gasteiger partial charge in [0.1, 0.15) is 10.7 Å². The highest BCUT2D eigenvalue weighted by Crippen LogP contribution is 2.24. The molecule has 5 nitrogen and oxygen atoms in total. The van der Waals surface area contributed by atoms with E-state index in [1.54, 1.807) is 0 Å². The Morgan fingerprint density at radius 3 is 2.48 bits per heavy atom. The molecule has 0 aromatic heterocycles. The summed E-state index contributed by atoms with van der Waals surface area (Å²) in [5.41, 5.74) is 2.13. The molecule has 1 saturated heterocycles. The average Bonchev–Trinajstić information content (AvgIpc) is 2.64. The van der Waals surface area contributed by atoms with Gasteiger partial charge in [-0.3, -0.25) is 4.90 Å². The van der Waals surface area contributed by atoms with Crippen molar-refractivity contribution < 1.29 is 17.5 Å². The average molecular weight is 413 g/mol. The highest BCUT2D eigenvalue weighted by atomic mass is 35.5. The van der Waals surface area contributed by atoms with Crippen molar-refractivity contribution in [3.63, 3.8) is 0 Å². The molecule has 0 aliphatic carbocycles. The van der Waals surface area contributed by atoms with Crippen LogP contribution in [0.3, 0.4) is 0 Å². The van der Waals surface area contributed by atoms with Gasteiger partial charge in [-0.2, -0.15) is 0 Å². The normalized spacial score (nSPS) is 17.0. The van der Waals surface area contributed by atoms with Crippen molar-refractivity contribution in [2.24, 2.45) is 0 Å². The fraction of sp³-hybridized carbons (Fsp3) is 0.368. The Balaban J connectivity index is 1.82.